The number of anilines is 1. The zero-order valence-corrected chi connectivity index (χ0v) is 11.9. The number of nitrogens with zero attached hydrogens (tertiary/aromatic N) is 1. The second kappa shape index (κ2) is 6.69. The van der Waals surface area contributed by atoms with Gasteiger partial charge in [-0.3, -0.25) is 0 Å². The average Bonchev–Trinajstić information content (AvgIpc) is 2.38. The minimum absolute atomic E-state index is 0.114. The van der Waals surface area contributed by atoms with Gasteiger partial charge in [0.15, 0.2) is 0 Å². The lowest BCUT2D eigenvalue weighted by atomic mass is 10.2. The molecule has 1 aromatic rings. The molecule has 4 N–H and O–H groups in total. The van der Waals surface area contributed by atoms with Crippen molar-refractivity contribution in [2.75, 3.05) is 25.4 Å². The third-order valence-electron chi connectivity index (χ3n) is 2.77. The van der Waals surface area contributed by atoms with Gasteiger partial charge in [-0.2, -0.15) is 4.31 Å². The number of nitrogen functional groups attached to an aromatic ring is 1. The molecule has 0 aliphatic carbocycles. The number of benzene rings is 1. The van der Waals surface area contributed by atoms with Gasteiger partial charge in [-0.15, -0.1) is 0 Å². The van der Waals surface area contributed by atoms with E-state index in [0.717, 1.165) is 10.4 Å². The number of carboxylic acid groups (broad SMARTS) is 1. The Balaban J connectivity index is 3.32. The first kappa shape index (κ1) is 16.4. The van der Waals surface area contributed by atoms with E-state index in [1.165, 1.54) is 12.1 Å². The molecule has 0 spiro atoms. The third kappa shape index (κ3) is 3.47. The standard InChI is InChI=1S/C12H18N2O5S/c1-2-14(6-3-7-15)20(18,19)11-8-9(13)4-5-10(11)12(16)17/h4-5,8,15H,2-3,6-7,13H2,1H3,(H,16,17). The Labute approximate surface area is 117 Å². The van der Waals surface area contributed by atoms with Crippen LogP contribution in [0.15, 0.2) is 23.1 Å². The molecule has 0 fully saturated rings. The van der Waals surface area contributed by atoms with Crippen LogP contribution in [0, 0.1) is 0 Å². The van der Waals surface area contributed by atoms with Crippen molar-refractivity contribution in [1.82, 2.24) is 4.31 Å². The van der Waals surface area contributed by atoms with E-state index in [9.17, 15) is 13.2 Å². The van der Waals surface area contributed by atoms with Crippen LogP contribution in [0.5, 0.6) is 0 Å². The Hall–Kier alpha value is -1.64. The van der Waals surface area contributed by atoms with E-state index < -0.39 is 16.0 Å². The van der Waals surface area contributed by atoms with Gasteiger partial charge in [0, 0.05) is 25.4 Å². The number of carboxylic acids is 1. The minimum atomic E-state index is -3.96. The summed E-state index contributed by atoms with van der Waals surface area (Å²) in [5, 5.41) is 17.9. The topological polar surface area (TPSA) is 121 Å². The molecule has 0 aliphatic rings. The molecule has 0 aliphatic heterocycles. The van der Waals surface area contributed by atoms with Gasteiger partial charge in [0.05, 0.1) is 10.5 Å². The van der Waals surface area contributed by atoms with Crippen molar-refractivity contribution < 1.29 is 23.4 Å². The maximum absolute atomic E-state index is 12.5. The van der Waals surface area contributed by atoms with Crippen LogP contribution in [0.1, 0.15) is 23.7 Å². The summed E-state index contributed by atoms with van der Waals surface area (Å²) in [4.78, 5) is 10.8. The molecule has 0 saturated carbocycles. The summed E-state index contributed by atoms with van der Waals surface area (Å²) >= 11 is 0. The van der Waals surface area contributed by atoms with Crippen molar-refractivity contribution in [1.29, 1.82) is 0 Å². The number of hydrogen-bond acceptors (Lipinski definition) is 5. The molecule has 7 nitrogen and oxygen atoms in total. The Kier molecular flexibility index (Phi) is 5.49. The molecule has 0 amide bonds. The lowest BCUT2D eigenvalue weighted by molar-refractivity contribution is 0.0692. The number of hydrogen-bond donors (Lipinski definition) is 3. The van der Waals surface area contributed by atoms with Crippen molar-refractivity contribution >= 4 is 21.7 Å². The van der Waals surface area contributed by atoms with Crippen molar-refractivity contribution in [2.24, 2.45) is 0 Å². The fraction of sp³-hybridized carbons (Fsp3) is 0.417. The molecule has 0 atom stereocenters. The van der Waals surface area contributed by atoms with E-state index in [-0.39, 0.29) is 42.3 Å². The first-order valence-electron chi connectivity index (χ1n) is 6.08. The summed E-state index contributed by atoms with van der Waals surface area (Å²) in [5.41, 5.74) is 5.41. The van der Waals surface area contributed by atoms with Crippen LogP contribution < -0.4 is 5.73 Å². The SMILES string of the molecule is CCN(CCCO)S(=O)(=O)c1cc(N)ccc1C(=O)O. The van der Waals surface area contributed by atoms with Crippen LogP contribution in [0.25, 0.3) is 0 Å². The monoisotopic (exact) mass is 302 g/mol. The summed E-state index contributed by atoms with van der Waals surface area (Å²) in [7, 11) is -3.96. The predicted molar refractivity (Wildman–Crippen MR) is 73.9 cm³/mol. The number of nitrogens with two attached hydrogens (primary N) is 1. The molecule has 20 heavy (non-hydrogen) atoms. The largest absolute Gasteiger partial charge is 0.478 e. The maximum Gasteiger partial charge on any atom is 0.337 e. The van der Waals surface area contributed by atoms with Gasteiger partial charge >= 0.3 is 5.97 Å². The van der Waals surface area contributed by atoms with Crippen LogP contribution in [0.2, 0.25) is 0 Å². The molecule has 0 radical (unpaired) electrons. The molecule has 0 saturated heterocycles. The lowest BCUT2D eigenvalue weighted by Gasteiger charge is -2.21. The van der Waals surface area contributed by atoms with Crippen LogP contribution >= 0.6 is 0 Å². The summed E-state index contributed by atoms with van der Waals surface area (Å²) < 4.78 is 26.1. The Morgan fingerprint density at radius 3 is 2.55 bits per heavy atom. The van der Waals surface area contributed by atoms with Crippen molar-refractivity contribution in [3.63, 3.8) is 0 Å². The second-order valence-corrected chi connectivity index (χ2v) is 6.04. The molecular weight excluding hydrogens is 284 g/mol. The Morgan fingerprint density at radius 2 is 2.05 bits per heavy atom. The highest BCUT2D eigenvalue weighted by Gasteiger charge is 2.28. The molecule has 1 rings (SSSR count). The van der Waals surface area contributed by atoms with Crippen molar-refractivity contribution in [3.8, 4) is 0 Å². The van der Waals surface area contributed by atoms with E-state index in [2.05, 4.69) is 0 Å². The molecule has 8 heteroatoms. The normalized spacial score (nSPS) is 11.8. The molecular formula is C12H18N2O5S. The molecule has 1 aromatic carbocycles. The highest BCUT2D eigenvalue weighted by Crippen LogP contribution is 2.23. The third-order valence-corrected chi connectivity index (χ3v) is 4.79. The quantitative estimate of drug-likeness (QED) is 0.625. The number of rotatable bonds is 7. The van der Waals surface area contributed by atoms with Gasteiger partial charge in [-0.1, -0.05) is 6.92 Å². The molecule has 0 aromatic heterocycles. The van der Waals surface area contributed by atoms with Gasteiger partial charge in [0.1, 0.15) is 0 Å². The average molecular weight is 302 g/mol. The summed E-state index contributed by atoms with van der Waals surface area (Å²) in [6.07, 6.45) is 0.276. The van der Waals surface area contributed by atoms with Crippen LogP contribution in [-0.2, 0) is 10.0 Å². The summed E-state index contributed by atoms with van der Waals surface area (Å²) in [6, 6.07) is 3.65. The molecule has 112 valence electrons. The molecule has 0 unspecified atom stereocenters. The summed E-state index contributed by atoms with van der Waals surface area (Å²) in [6.45, 7) is 1.79. The van der Waals surface area contributed by atoms with Crippen molar-refractivity contribution in [3.05, 3.63) is 23.8 Å². The zero-order valence-electron chi connectivity index (χ0n) is 11.1. The second-order valence-electron chi connectivity index (χ2n) is 4.13. The fourth-order valence-corrected chi connectivity index (χ4v) is 3.47. The van der Waals surface area contributed by atoms with Gasteiger partial charge in [0.25, 0.3) is 0 Å². The number of sulfonamides is 1. The smallest absolute Gasteiger partial charge is 0.337 e. The van der Waals surface area contributed by atoms with E-state index in [0.29, 0.717) is 0 Å². The lowest BCUT2D eigenvalue weighted by Crippen LogP contribution is -2.33. The van der Waals surface area contributed by atoms with Crippen LogP contribution in [-0.4, -0.2) is 48.6 Å². The highest BCUT2D eigenvalue weighted by molar-refractivity contribution is 7.89. The van der Waals surface area contributed by atoms with Crippen LogP contribution in [0.3, 0.4) is 0 Å². The zero-order chi connectivity index (χ0) is 15.3. The number of aromatic carboxylic acids is 1. The van der Waals surface area contributed by atoms with E-state index in [1.54, 1.807) is 6.92 Å². The molecule has 0 heterocycles. The number of aliphatic hydroxyl groups is 1. The van der Waals surface area contributed by atoms with Gasteiger partial charge in [-0.05, 0) is 24.6 Å². The predicted octanol–water partition coefficient (Wildman–Crippen LogP) is 0.360. The van der Waals surface area contributed by atoms with E-state index in [1.807, 2.05) is 0 Å². The fourth-order valence-electron chi connectivity index (χ4n) is 1.76. The highest BCUT2D eigenvalue weighted by atomic mass is 32.2. The van der Waals surface area contributed by atoms with E-state index in [4.69, 9.17) is 15.9 Å². The first-order valence-corrected chi connectivity index (χ1v) is 7.52. The Morgan fingerprint density at radius 1 is 1.40 bits per heavy atom. The van der Waals surface area contributed by atoms with Gasteiger partial charge in [0.2, 0.25) is 10.0 Å². The minimum Gasteiger partial charge on any atom is -0.478 e. The first-order chi connectivity index (χ1) is 9.34. The van der Waals surface area contributed by atoms with Gasteiger partial charge < -0.3 is 15.9 Å². The van der Waals surface area contributed by atoms with Crippen molar-refractivity contribution in [2.45, 2.75) is 18.2 Å². The van der Waals surface area contributed by atoms with Gasteiger partial charge in [-0.25, -0.2) is 13.2 Å². The summed E-state index contributed by atoms with van der Waals surface area (Å²) in [5.74, 6) is -1.33. The number of aliphatic hydroxyl groups excluding tert-OH is 1. The van der Waals surface area contributed by atoms with E-state index >= 15 is 0 Å². The maximum atomic E-state index is 12.5. The molecule has 0 bridgehead atoms. The van der Waals surface area contributed by atoms with Crippen LogP contribution in [0.4, 0.5) is 5.69 Å². The Bertz CT molecular complexity index is 586. The number of carbonyl (C=O) groups is 1.